The van der Waals surface area contributed by atoms with Gasteiger partial charge in [0.15, 0.2) is 5.16 Å². The van der Waals surface area contributed by atoms with Crippen LogP contribution >= 0.6 is 23.4 Å². The van der Waals surface area contributed by atoms with E-state index >= 15 is 0 Å². The van der Waals surface area contributed by atoms with Crippen molar-refractivity contribution in [1.29, 1.82) is 0 Å². The van der Waals surface area contributed by atoms with Crippen molar-refractivity contribution in [2.75, 3.05) is 16.4 Å². The third kappa shape index (κ3) is 6.32. The van der Waals surface area contributed by atoms with Crippen LogP contribution in [0.25, 0.3) is 0 Å². The molecule has 7 nitrogen and oxygen atoms in total. The van der Waals surface area contributed by atoms with Crippen molar-refractivity contribution in [3.63, 3.8) is 0 Å². The molecule has 0 aliphatic rings. The number of carbonyl (C=O) groups is 2. The number of hydrogen-bond donors (Lipinski definition) is 2. The Morgan fingerprint density at radius 2 is 1.77 bits per heavy atom. The van der Waals surface area contributed by atoms with Gasteiger partial charge >= 0.3 is 0 Å². The molecule has 0 saturated heterocycles. The first-order valence-corrected chi connectivity index (χ1v) is 11.2. The molecule has 9 heteroatoms. The summed E-state index contributed by atoms with van der Waals surface area (Å²) in [6, 6.07) is 12.8. The van der Waals surface area contributed by atoms with Crippen LogP contribution in [0.5, 0.6) is 0 Å². The van der Waals surface area contributed by atoms with Crippen LogP contribution < -0.4 is 10.6 Å². The molecule has 0 aliphatic carbocycles. The van der Waals surface area contributed by atoms with Crippen LogP contribution in [0.1, 0.15) is 23.9 Å². The molecule has 31 heavy (non-hydrogen) atoms. The third-order valence-electron chi connectivity index (χ3n) is 4.54. The first kappa shape index (κ1) is 22.8. The Morgan fingerprint density at radius 1 is 1.03 bits per heavy atom. The number of nitrogens with zero attached hydrogens (tertiary/aromatic N) is 3. The molecule has 0 bridgehead atoms. The predicted octanol–water partition coefficient (Wildman–Crippen LogP) is 4.48. The number of amides is 2. The monoisotopic (exact) mass is 457 g/mol. The Morgan fingerprint density at radius 3 is 2.45 bits per heavy atom. The van der Waals surface area contributed by atoms with Crippen molar-refractivity contribution in [1.82, 2.24) is 14.8 Å². The van der Waals surface area contributed by atoms with E-state index in [1.54, 1.807) is 24.3 Å². The number of halogens is 1. The van der Waals surface area contributed by atoms with Crippen molar-refractivity contribution in [2.45, 2.75) is 38.9 Å². The molecule has 0 atom stereocenters. The average molecular weight is 458 g/mol. The topological polar surface area (TPSA) is 88.9 Å². The molecule has 2 N–H and O–H groups in total. The van der Waals surface area contributed by atoms with E-state index in [0.717, 1.165) is 16.8 Å². The maximum Gasteiger partial charge on any atom is 0.234 e. The van der Waals surface area contributed by atoms with Crippen molar-refractivity contribution in [3.8, 4) is 0 Å². The van der Waals surface area contributed by atoms with Gasteiger partial charge in [-0.25, -0.2) is 0 Å². The largest absolute Gasteiger partial charge is 0.325 e. The molecule has 0 unspecified atom stereocenters. The summed E-state index contributed by atoms with van der Waals surface area (Å²) in [6.45, 7) is 6.52. The standard InChI is InChI=1S/C22H24ClN5O2S/c1-4-28-19(12-20(29)25-18-10-5-14(2)11-15(18)3)26-27-22(28)31-13-21(30)24-17-8-6-16(23)7-9-17/h5-11H,4,12-13H2,1-3H3,(H,24,30)(H,25,29). The molecule has 1 aromatic heterocycles. The number of anilines is 2. The zero-order valence-electron chi connectivity index (χ0n) is 17.6. The SMILES string of the molecule is CCn1c(CC(=O)Nc2ccc(C)cc2C)nnc1SCC(=O)Nc1ccc(Cl)cc1. The summed E-state index contributed by atoms with van der Waals surface area (Å²) in [4.78, 5) is 24.7. The number of aryl methyl sites for hydroxylation is 2. The summed E-state index contributed by atoms with van der Waals surface area (Å²) in [5, 5.41) is 15.3. The highest BCUT2D eigenvalue weighted by atomic mass is 35.5. The van der Waals surface area contributed by atoms with E-state index in [2.05, 4.69) is 20.8 Å². The lowest BCUT2D eigenvalue weighted by atomic mass is 10.1. The Labute approximate surface area is 190 Å². The number of hydrogen-bond acceptors (Lipinski definition) is 5. The fourth-order valence-electron chi connectivity index (χ4n) is 3.03. The van der Waals surface area contributed by atoms with Gasteiger partial charge in [0.25, 0.3) is 0 Å². The van der Waals surface area contributed by atoms with E-state index in [0.29, 0.717) is 28.2 Å². The summed E-state index contributed by atoms with van der Waals surface area (Å²) < 4.78 is 1.85. The molecule has 1 heterocycles. The molecular formula is C22H24ClN5O2S. The second kappa shape index (κ2) is 10.5. The van der Waals surface area contributed by atoms with Gasteiger partial charge in [0.2, 0.25) is 11.8 Å². The Kier molecular flexibility index (Phi) is 7.70. The van der Waals surface area contributed by atoms with Gasteiger partial charge in [-0.15, -0.1) is 10.2 Å². The van der Waals surface area contributed by atoms with E-state index in [1.165, 1.54) is 11.8 Å². The van der Waals surface area contributed by atoms with Gasteiger partial charge in [-0.2, -0.15) is 0 Å². The molecule has 2 amide bonds. The molecule has 3 rings (SSSR count). The summed E-state index contributed by atoms with van der Waals surface area (Å²) in [5.41, 5.74) is 3.61. The van der Waals surface area contributed by atoms with Crippen LogP contribution in [0.4, 0.5) is 11.4 Å². The Balaban J connectivity index is 1.58. The molecule has 0 radical (unpaired) electrons. The van der Waals surface area contributed by atoms with E-state index in [9.17, 15) is 9.59 Å². The van der Waals surface area contributed by atoms with Gasteiger partial charge in [0.1, 0.15) is 5.82 Å². The lowest BCUT2D eigenvalue weighted by molar-refractivity contribution is -0.116. The van der Waals surface area contributed by atoms with Gasteiger partial charge in [-0.05, 0) is 56.7 Å². The normalized spacial score (nSPS) is 10.7. The second-order valence-corrected chi connectivity index (χ2v) is 8.41. The second-order valence-electron chi connectivity index (χ2n) is 7.03. The zero-order valence-corrected chi connectivity index (χ0v) is 19.2. The summed E-state index contributed by atoms with van der Waals surface area (Å²) in [6.07, 6.45) is 0.103. The van der Waals surface area contributed by atoms with Crippen LogP contribution in [0.15, 0.2) is 47.6 Å². The Bertz CT molecular complexity index is 1080. The smallest absolute Gasteiger partial charge is 0.234 e. The maximum atomic E-state index is 12.5. The van der Waals surface area contributed by atoms with E-state index in [4.69, 9.17) is 11.6 Å². The first-order valence-electron chi connectivity index (χ1n) is 9.83. The maximum absolute atomic E-state index is 12.5. The number of thioether (sulfide) groups is 1. The predicted molar refractivity (Wildman–Crippen MR) is 125 cm³/mol. The minimum atomic E-state index is -0.161. The fourth-order valence-corrected chi connectivity index (χ4v) is 3.97. The van der Waals surface area contributed by atoms with Crippen molar-refractivity contribution >= 4 is 46.6 Å². The van der Waals surface area contributed by atoms with Crippen molar-refractivity contribution in [3.05, 3.63) is 64.4 Å². The van der Waals surface area contributed by atoms with Crippen molar-refractivity contribution < 1.29 is 9.59 Å². The summed E-state index contributed by atoms with van der Waals surface area (Å²) in [5.74, 6) is 0.416. The first-order chi connectivity index (χ1) is 14.9. The number of carbonyl (C=O) groups excluding carboxylic acids is 2. The van der Waals surface area contributed by atoms with Crippen LogP contribution in [-0.4, -0.2) is 32.3 Å². The summed E-state index contributed by atoms with van der Waals surface area (Å²) in [7, 11) is 0. The van der Waals surface area contributed by atoms with Crippen molar-refractivity contribution in [2.24, 2.45) is 0 Å². The summed E-state index contributed by atoms with van der Waals surface area (Å²) >= 11 is 7.13. The van der Waals surface area contributed by atoms with Gasteiger partial charge in [0.05, 0.1) is 12.2 Å². The lowest BCUT2D eigenvalue weighted by Gasteiger charge is -2.10. The molecular weight excluding hydrogens is 434 g/mol. The van der Waals surface area contributed by atoms with Crippen LogP contribution in [-0.2, 0) is 22.6 Å². The molecule has 0 fully saturated rings. The third-order valence-corrected chi connectivity index (χ3v) is 5.76. The van der Waals surface area contributed by atoms with Crippen LogP contribution in [0, 0.1) is 13.8 Å². The number of nitrogens with one attached hydrogen (secondary N) is 2. The highest BCUT2D eigenvalue weighted by molar-refractivity contribution is 7.99. The van der Waals surface area contributed by atoms with E-state index < -0.39 is 0 Å². The minimum absolute atomic E-state index is 0.103. The molecule has 0 aliphatic heterocycles. The minimum Gasteiger partial charge on any atom is -0.325 e. The van der Waals surface area contributed by atoms with Gasteiger partial charge < -0.3 is 15.2 Å². The molecule has 0 spiro atoms. The highest BCUT2D eigenvalue weighted by Crippen LogP contribution is 2.20. The fraction of sp³-hybridized carbons (Fsp3) is 0.273. The molecule has 0 saturated carbocycles. The van der Waals surface area contributed by atoms with E-state index in [1.807, 2.05) is 43.5 Å². The van der Waals surface area contributed by atoms with E-state index in [-0.39, 0.29) is 24.0 Å². The molecule has 2 aromatic carbocycles. The van der Waals surface area contributed by atoms with Gasteiger partial charge in [-0.1, -0.05) is 41.1 Å². The van der Waals surface area contributed by atoms with Crippen LogP contribution in [0.2, 0.25) is 5.02 Å². The molecule has 3 aromatic rings. The number of aromatic nitrogens is 3. The lowest BCUT2D eigenvalue weighted by Crippen LogP contribution is -2.18. The highest BCUT2D eigenvalue weighted by Gasteiger charge is 2.16. The number of benzene rings is 2. The van der Waals surface area contributed by atoms with Gasteiger partial charge in [-0.3, -0.25) is 9.59 Å². The molecule has 162 valence electrons. The average Bonchev–Trinajstić information content (AvgIpc) is 3.11. The van der Waals surface area contributed by atoms with Gasteiger partial charge in [0, 0.05) is 22.9 Å². The number of rotatable bonds is 8. The zero-order chi connectivity index (χ0) is 22.4. The Hall–Kier alpha value is -2.84. The van der Waals surface area contributed by atoms with Crippen LogP contribution in [0.3, 0.4) is 0 Å². The quantitative estimate of drug-likeness (QED) is 0.487.